The van der Waals surface area contributed by atoms with Gasteiger partial charge in [-0.3, -0.25) is 4.90 Å². The van der Waals surface area contributed by atoms with Crippen LogP contribution in [0, 0.1) is 0 Å². The summed E-state index contributed by atoms with van der Waals surface area (Å²) in [6.07, 6.45) is 3.75. The molecule has 1 aromatic carbocycles. The minimum atomic E-state index is 0.504. The van der Waals surface area contributed by atoms with Gasteiger partial charge in [-0.2, -0.15) is 0 Å². The number of hydrogen-bond acceptors (Lipinski definition) is 2. The lowest BCUT2D eigenvalue weighted by Gasteiger charge is -2.33. The molecule has 2 atom stereocenters. The SMILES string of the molecule is CCC(c1cccc(Cl)c1)N1CCCC1CNC. The standard InChI is InChI=1S/C15H23ClN2/c1-3-15(12-6-4-7-13(16)10-12)18-9-5-8-14(18)11-17-2/h4,6-7,10,14-15,17H,3,5,8-9,11H2,1-2H3. The van der Waals surface area contributed by atoms with E-state index in [2.05, 4.69) is 35.3 Å². The Morgan fingerprint density at radius 3 is 3.00 bits per heavy atom. The molecule has 18 heavy (non-hydrogen) atoms. The van der Waals surface area contributed by atoms with Crippen molar-refractivity contribution in [1.29, 1.82) is 0 Å². The van der Waals surface area contributed by atoms with Crippen LogP contribution in [-0.4, -0.2) is 31.1 Å². The average molecular weight is 267 g/mol. The van der Waals surface area contributed by atoms with E-state index < -0.39 is 0 Å². The van der Waals surface area contributed by atoms with E-state index >= 15 is 0 Å². The summed E-state index contributed by atoms with van der Waals surface area (Å²) in [6.45, 7) is 4.55. The highest BCUT2D eigenvalue weighted by Gasteiger charge is 2.30. The van der Waals surface area contributed by atoms with E-state index in [1.165, 1.54) is 24.9 Å². The summed E-state index contributed by atoms with van der Waals surface area (Å²) in [5.74, 6) is 0. The third-order valence-corrected chi connectivity index (χ3v) is 4.12. The van der Waals surface area contributed by atoms with Crippen LogP contribution >= 0.6 is 11.6 Å². The normalized spacial score (nSPS) is 22.3. The van der Waals surface area contributed by atoms with Crippen molar-refractivity contribution in [2.45, 2.75) is 38.3 Å². The second-order valence-corrected chi connectivity index (χ2v) is 5.51. The smallest absolute Gasteiger partial charge is 0.0409 e. The Hall–Kier alpha value is -0.570. The van der Waals surface area contributed by atoms with Gasteiger partial charge in [-0.15, -0.1) is 0 Å². The maximum atomic E-state index is 6.12. The van der Waals surface area contributed by atoms with Crippen LogP contribution < -0.4 is 5.32 Å². The minimum Gasteiger partial charge on any atom is -0.318 e. The zero-order valence-corrected chi connectivity index (χ0v) is 12.1. The first-order valence-corrected chi connectivity index (χ1v) is 7.30. The maximum absolute atomic E-state index is 6.12. The molecule has 3 heteroatoms. The Morgan fingerprint density at radius 2 is 2.33 bits per heavy atom. The zero-order chi connectivity index (χ0) is 13.0. The first-order valence-electron chi connectivity index (χ1n) is 6.92. The number of benzene rings is 1. The predicted octanol–water partition coefficient (Wildman–Crippen LogP) is 3.47. The van der Waals surface area contributed by atoms with Crippen LogP contribution in [0.25, 0.3) is 0 Å². The van der Waals surface area contributed by atoms with Gasteiger partial charge in [-0.1, -0.05) is 30.7 Å². The van der Waals surface area contributed by atoms with Gasteiger partial charge in [0.15, 0.2) is 0 Å². The molecule has 1 N–H and O–H groups in total. The first-order chi connectivity index (χ1) is 8.76. The summed E-state index contributed by atoms with van der Waals surface area (Å²) < 4.78 is 0. The number of nitrogens with one attached hydrogen (secondary N) is 1. The maximum Gasteiger partial charge on any atom is 0.0409 e. The highest BCUT2D eigenvalue weighted by Crippen LogP contribution is 2.32. The monoisotopic (exact) mass is 266 g/mol. The molecule has 1 aliphatic heterocycles. The van der Waals surface area contributed by atoms with E-state index in [0.29, 0.717) is 12.1 Å². The lowest BCUT2D eigenvalue weighted by molar-refractivity contribution is 0.174. The fourth-order valence-corrected chi connectivity index (χ4v) is 3.30. The number of halogens is 1. The Balaban J connectivity index is 2.17. The Labute approximate surface area is 115 Å². The van der Waals surface area contributed by atoms with Gasteiger partial charge in [0.2, 0.25) is 0 Å². The van der Waals surface area contributed by atoms with Gasteiger partial charge in [0, 0.05) is 23.7 Å². The number of likely N-dealkylation sites (N-methyl/N-ethyl adjacent to an activating group) is 1. The van der Waals surface area contributed by atoms with Crippen molar-refractivity contribution in [3.05, 3.63) is 34.9 Å². The number of nitrogens with zero attached hydrogens (tertiary/aromatic N) is 1. The molecule has 100 valence electrons. The lowest BCUT2D eigenvalue weighted by Crippen LogP contribution is -2.39. The summed E-state index contributed by atoms with van der Waals surface area (Å²) >= 11 is 6.12. The molecule has 0 aliphatic carbocycles. The van der Waals surface area contributed by atoms with Crippen LogP contribution in [0.2, 0.25) is 5.02 Å². The van der Waals surface area contributed by atoms with Gasteiger partial charge in [-0.25, -0.2) is 0 Å². The molecule has 1 heterocycles. The largest absolute Gasteiger partial charge is 0.318 e. The van der Waals surface area contributed by atoms with E-state index in [4.69, 9.17) is 11.6 Å². The number of likely N-dealkylation sites (tertiary alicyclic amines) is 1. The van der Waals surface area contributed by atoms with Gasteiger partial charge in [-0.05, 0) is 50.6 Å². The molecular weight excluding hydrogens is 244 g/mol. The van der Waals surface area contributed by atoms with Crippen LogP contribution in [-0.2, 0) is 0 Å². The van der Waals surface area contributed by atoms with Crippen LogP contribution in [0.1, 0.15) is 37.8 Å². The Morgan fingerprint density at radius 1 is 1.50 bits per heavy atom. The van der Waals surface area contributed by atoms with Crippen molar-refractivity contribution in [1.82, 2.24) is 10.2 Å². The van der Waals surface area contributed by atoms with Crippen molar-refractivity contribution in [3.63, 3.8) is 0 Å². The predicted molar refractivity (Wildman–Crippen MR) is 78.1 cm³/mol. The number of rotatable bonds is 5. The summed E-state index contributed by atoms with van der Waals surface area (Å²) in [7, 11) is 2.04. The Bertz CT molecular complexity index is 381. The van der Waals surface area contributed by atoms with Crippen molar-refractivity contribution in [2.75, 3.05) is 20.1 Å². The molecule has 2 nitrogen and oxygen atoms in total. The quantitative estimate of drug-likeness (QED) is 0.878. The first kappa shape index (κ1) is 13.9. The van der Waals surface area contributed by atoms with Gasteiger partial charge >= 0.3 is 0 Å². The van der Waals surface area contributed by atoms with Gasteiger partial charge in [0.05, 0.1) is 0 Å². The van der Waals surface area contributed by atoms with E-state index in [1.807, 2.05) is 13.1 Å². The fourth-order valence-electron chi connectivity index (χ4n) is 3.10. The lowest BCUT2D eigenvalue weighted by atomic mass is 10.0. The minimum absolute atomic E-state index is 0.504. The third kappa shape index (κ3) is 3.05. The van der Waals surface area contributed by atoms with Gasteiger partial charge in [0.25, 0.3) is 0 Å². The van der Waals surface area contributed by atoms with Crippen molar-refractivity contribution in [2.24, 2.45) is 0 Å². The van der Waals surface area contributed by atoms with Crippen LogP contribution in [0.3, 0.4) is 0 Å². The third-order valence-electron chi connectivity index (χ3n) is 3.88. The molecule has 0 radical (unpaired) electrons. The Kier molecular flexibility index (Phi) is 5.04. The fraction of sp³-hybridized carbons (Fsp3) is 0.600. The summed E-state index contributed by atoms with van der Waals surface area (Å²) in [5, 5.41) is 4.16. The van der Waals surface area contributed by atoms with Crippen LogP contribution in [0.15, 0.2) is 24.3 Å². The topological polar surface area (TPSA) is 15.3 Å². The molecule has 0 spiro atoms. The number of hydrogen-bond donors (Lipinski definition) is 1. The molecule has 2 unspecified atom stereocenters. The molecule has 0 bridgehead atoms. The molecule has 0 amide bonds. The molecule has 1 fully saturated rings. The van der Waals surface area contributed by atoms with Crippen molar-refractivity contribution >= 4 is 11.6 Å². The average Bonchev–Trinajstić information content (AvgIpc) is 2.79. The second kappa shape index (κ2) is 6.55. The van der Waals surface area contributed by atoms with E-state index in [0.717, 1.165) is 18.0 Å². The van der Waals surface area contributed by atoms with E-state index in [9.17, 15) is 0 Å². The highest BCUT2D eigenvalue weighted by atomic mass is 35.5. The van der Waals surface area contributed by atoms with Gasteiger partial charge in [0.1, 0.15) is 0 Å². The summed E-state index contributed by atoms with van der Waals surface area (Å²) in [5.41, 5.74) is 1.35. The summed E-state index contributed by atoms with van der Waals surface area (Å²) in [6, 6.07) is 9.50. The molecular formula is C15H23ClN2. The van der Waals surface area contributed by atoms with Crippen molar-refractivity contribution in [3.8, 4) is 0 Å². The van der Waals surface area contributed by atoms with E-state index in [-0.39, 0.29) is 0 Å². The van der Waals surface area contributed by atoms with Crippen LogP contribution in [0.4, 0.5) is 0 Å². The summed E-state index contributed by atoms with van der Waals surface area (Å²) in [4.78, 5) is 2.64. The molecule has 1 aromatic rings. The molecule has 1 saturated heterocycles. The molecule has 0 aromatic heterocycles. The molecule has 1 aliphatic rings. The van der Waals surface area contributed by atoms with Crippen LogP contribution in [0.5, 0.6) is 0 Å². The van der Waals surface area contributed by atoms with Crippen molar-refractivity contribution < 1.29 is 0 Å². The molecule has 0 saturated carbocycles. The zero-order valence-electron chi connectivity index (χ0n) is 11.3. The van der Waals surface area contributed by atoms with E-state index in [1.54, 1.807) is 0 Å². The molecule has 2 rings (SSSR count). The van der Waals surface area contributed by atoms with Gasteiger partial charge < -0.3 is 5.32 Å². The second-order valence-electron chi connectivity index (χ2n) is 5.07. The highest BCUT2D eigenvalue weighted by molar-refractivity contribution is 6.30.